The van der Waals surface area contributed by atoms with Crippen LogP contribution in [0.4, 0.5) is 0 Å². The fourth-order valence-corrected chi connectivity index (χ4v) is 10.5. The largest absolute Gasteiger partial charge is 0.361 e. The topological polar surface area (TPSA) is 36.4 Å². The maximum absolute atomic E-state index is 10.3. The van der Waals surface area contributed by atoms with E-state index >= 15 is 0 Å². The van der Waals surface area contributed by atoms with Crippen molar-refractivity contribution in [1.82, 2.24) is 0 Å². The summed E-state index contributed by atoms with van der Waals surface area (Å²) in [7, 11) is 0. The molecule has 218 valence electrons. The third-order valence-electron chi connectivity index (χ3n) is 10.4. The Morgan fingerprint density at radius 2 is 1.12 bits per heavy atom. The average molecular weight is 603 g/mol. The van der Waals surface area contributed by atoms with Crippen LogP contribution < -0.4 is 0 Å². The lowest BCUT2D eigenvalue weighted by Gasteiger charge is -2.69. The average Bonchev–Trinajstić information content (AvgIpc) is 2.89. The molecule has 41 heavy (non-hydrogen) atoms. The second-order valence-electron chi connectivity index (χ2n) is 15.2. The first-order valence-corrected chi connectivity index (χ1v) is 16.9. The zero-order chi connectivity index (χ0) is 30.0. The first kappa shape index (κ1) is 30.9. The van der Waals surface area contributed by atoms with E-state index in [-0.39, 0.29) is 27.1 Å². The lowest BCUT2D eigenvalue weighted by Crippen LogP contribution is -2.62. The quantitative estimate of drug-likeness (QED) is 0.101. The molecule has 0 aliphatic heterocycles. The molecule has 0 amide bonds. The molecule has 4 aliphatic rings. The van der Waals surface area contributed by atoms with Gasteiger partial charge in [0.1, 0.15) is 0 Å². The highest BCUT2D eigenvalue weighted by Gasteiger charge is 2.66. The summed E-state index contributed by atoms with van der Waals surface area (Å²) in [4.78, 5) is 3.88. The highest BCUT2D eigenvalue weighted by Crippen LogP contribution is 2.74. The molecule has 2 nitrogen and oxygen atoms in total. The molecular weight excluding hydrogens is 557 g/mol. The monoisotopic (exact) mass is 602 g/mol. The van der Waals surface area contributed by atoms with Gasteiger partial charge in [-0.3, -0.25) is 0 Å². The van der Waals surface area contributed by atoms with Crippen molar-refractivity contribution in [1.29, 1.82) is 0 Å². The van der Waals surface area contributed by atoms with Gasteiger partial charge in [-0.15, -0.1) is 0 Å². The summed E-state index contributed by atoms with van der Waals surface area (Å²) in [6.07, 6.45) is 7.12. The lowest BCUT2D eigenvalue weighted by molar-refractivity contribution is -0.155. The number of rotatable bonds is 5. The Labute approximate surface area is 264 Å². The minimum atomic E-state index is 0.00413. The van der Waals surface area contributed by atoms with E-state index in [1.165, 1.54) is 24.8 Å². The van der Waals surface area contributed by atoms with Crippen LogP contribution in [0.5, 0.6) is 0 Å². The molecule has 0 N–H and O–H groups in total. The Balaban J connectivity index is 1.53. The maximum Gasteiger partial charge on any atom is 0.330 e. The van der Waals surface area contributed by atoms with Crippen molar-refractivity contribution in [3.63, 3.8) is 0 Å². The normalized spacial score (nSPS) is 30.1. The third kappa shape index (κ3) is 5.37. The van der Waals surface area contributed by atoms with Gasteiger partial charge in [0.25, 0.3) is 0 Å². The highest BCUT2D eigenvalue weighted by atomic mass is 32.1. The summed E-state index contributed by atoms with van der Waals surface area (Å²) in [6.45, 7) is 15.1. The van der Waals surface area contributed by atoms with Crippen LogP contribution >= 0.6 is 37.9 Å². The molecule has 4 saturated carbocycles. The number of hydrogen-bond donors (Lipinski definition) is 3. The summed E-state index contributed by atoms with van der Waals surface area (Å²) < 4.78 is 0. The van der Waals surface area contributed by atoms with Crippen molar-refractivity contribution in [3.05, 3.63) is 74.3 Å². The Hall–Kier alpha value is -1.57. The van der Waals surface area contributed by atoms with Gasteiger partial charge in [-0.1, -0.05) is 44.7 Å². The van der Waals surface area contributed by atoms with Gasteiger partial charge < -0.3 is 5.53 Å². The molecule has 4 fully saturated rings. The van der Waals surface area contributed by atoms with Gasteiger partial charge in [0.15, 0.2) is 0 Å². The van der Waals surface area contributed by atoms with Gasteiger partial charge in [0, 0.05) is 11.0 Å². The second-order valence-corrected chi connectivity index (χ2v) is 16.2. The lowest BCUT2D eigenvalue weighted by atomic mass is 9.36. The van der Waals surface area contributed by atoms with Crippen molar-refractivity contribution >= 4 is 43.6 Å². The molecule has 5 heteroatoms. The number of nitrogens with zero attached hydrogens (tertiary/aromatic N) is 2. The van der Waals surface area contributed by atoms with E-state index in [0.717, 1.165) is 75.5 Å². The molecule has 2 aromatic carbocycles. The first-order chi connectivity index (χ1) is 19.2. The Kier molecular flexibility index (Phi) is 7.95. The van der Waals surface area contributed by atoms with E-state index in [2.05, 4.69) is 89.4 Å². The molecule has 4 bridgehead atoms. The Morgan fingerprint density at radius 3 is 1.46 bits per heavy atom. The molecule has 0 heterocycles. The van der Waals surface area contributed by atoms with E-state index in [1.54, 1.807) is 0 Å². The Bertz CT molecular complexity index is 1410. The van der Waals surface area contributed by atoms with Gasteiger partial charge in [-0.25, -0.2) is 0 Å². The number of hydrogen-bond acceptors (Lipinski definition) is 3. The van der Waals surface area contributed by atoms with Gasteiger partial charge in [0.2, 0.25) is 0 Å². The van der Waals surface area contributed by atoms with Crippen LogP contribution in [0, 0.1) is 61.2 Å². The van der Waals surface area contributed by atoms with Crippen LogP contribution in [-0.2, 0) is 5.41 Å². The summed E-state index contributed by atoms with van der Waals surface area (Å²) in [5.41, 5.74) is 20.5. The molecule has 4 aliphatic carbocycles. The highest BCUT2D eigenvalue weighted by molar-refractivity contribution is 7.80. The smallest absolute Gasteiger partial charge is 0.330 e. The van der Waals surface area contributed by atoms with Crippen molar-refractivity contribution in [2.45, 2.75) is 92.4 Å². The predicted octanol–water partition coefficient (Wildman–Crippen LogP) is 8.75. The van der Waals surface area contributed by atoms with Crippen molar-refractivity contribution < 1.29 is 4.79 Å². The molecule has 0 saturated heterocycles. The molecular formula is C36H46N2S3. The number of thiol groups is 3. The molecule has 0 radical (unpaired) electrons. The zero-order valence-electron chi connectivity index (χ0n) is 25.9. The van der Waals surface area contributed by atoms with Crippen molar-refractivity contribution in [3.8, 4) is 11.8 Å². The van der Waals surface area contributed by atoms with E-state index < -0.39 is 0 Å². The van der Waals surface area contributed by atoms with Crippen LogP contribution in [0.15, 0.2) is 24.3 Å². The third-order valence-corrected chi connectivity index (χ3v) is 12.4. The molecule has 0 unspecified atom stereocenters. The van der Waals surface area contributed by atoms with E-state index in [9.17, 15) is 5.53 Å². The minimum absolute atomic E-state index is 0.00413. The van der Waals surface area contributed by atoms with Gasteiger partial charge >= 0.3 is 5.71 Å². The van der Waals surface area contributed by atoms with Crippen molar-refractivity contribution in [2.24, 2.45) is 21.7 Å². The van der Waals surface area contributed by atoms with Crippen LogP contribution in [0.25, 0.3) is 5.53 Å². The number of aryl methyl sites for hydroxylation is 4. The first-order valence-electron chi connectivity index (χ1n) is 15.0. The van der Waals surface area contributed by atoms with Crippen LogP contribution in [0.2, 0.25) is 0 Å². The predicted molar refractivity (Wildman–Crippen MR) is 183 cm³/mol. The maximum atomic E-state index is 10.3. The summed E-state index contributed by atoms with van der Waals surface area (Å²) in [5, 5.41) is 0. The SMILES string of the molecule is Cc1cc(C#CC23CC4(CS)CC(CS)(C2)CC(CS)(C3)C4)cc(C)c1C(=[N+]=[N-])c1c(C)cc(C(C)(C)C)cc1C. The van der Waals surface area contributed by atoms with Gasteiger partial charge in [-0.2, -0.15) is 42.7 Å². The number of benzene rings is 2. The minimum Gasteiger partial charge on any atom is -0.361 e. The summed E-state index contributed by atoms with van der Waals surface area (Å²) in [5.74, 6) is 10.3. The van der Waals surface area contributed by atoms with E-state index in [4.69, 9.17) is 37.9 Å². The molecule has 0 aromatic heterocycles. The second kappa shape index (κ2) is 10.6. The molecule has 2 aromatic rings. The molecule has 0 atom stereocenters. The zero-order valence-corrected chi connectivity index (χ0v) is 28.6. The van der Waals surface area contributed by atoms with Crippen molar-refractivity contribution in [2.75, 3.05) is 17.3 Å². The Morgan fingerprint density at radius 1 is 0.732 bits per heavy atom. The van der Waals surface area contributed by atoms with Gasteiger partial charge in [-0.05, 0) is 145 Å². The fraction of sp³-hybridized carbons (Fsp3) is 0.583. The standard InChI is InChI=1S/C36H46N2S3/c1-23-10-27(8-9-33-14-34(20-39)17-35(15-33,21-40)19-36(16-33,18-34)22-41)11-24(2)29(23)31(38-37)30-25(3)12-28(13-26(30)4)32(5,6)7/h10-13,39-41H,14-22H2,1-7H3. The molecule has 0 spiro atoms. The van der Waals surface area contributed by atoms with Crippen LogP contribution in [-0.4, -0.2) is 27.8 Å². The van der Waals surface area contributed by atoms with Crippen LogP contribution in [0.1, 0.15) is 104 Å². The van der Waals surface area contributed by atoms with E-state index in [0.29, 0.717) is 5.71 Å². The van der Waals surface area contributed by atoms with Gasteiger partial charge in [0.05, 0.1) is 11.1 Å². The summed E-state index contributed by atoms with van der Waals surface area (Å²) >= 11 is 14.7. The molecule has 6 rings (SSSR count). The summed E-state index contributed by atoms with van der Waals surface area (Å²) in [6, 6.07) is 8.81. The van der Waals surface area contributed by atoms with Crippen LogP contribution in [0.3, 0.4) is 0 Å². The fourth-order valence-electron chi connectivity index (χ4n) is 9.53. The van der Waals surface area contributed by atoms with E-state index in [1.807, 2.05) is 0 Å².